The van der Waals surface area contributed by atoms with E-state index >= 15 is 0 Å². The van der Waals surface area contributed by atoms with Crippen molar-refractivity contribution in [2.24, 2.45) is 17.8 Å². The first-order valence-electron chi connectivity index (χ1n) is 5.28. The number of hydrogen-bond donors (Lipinski definition) is 2. The number of guanidine groups is 1. The van der Waals surface area contributed by atoms with E-state index in [4.69, 9.17) is 10.5 Å². The van der Waals surface area contributed by atoms with Gasteiger partial charge >= 0.3 is 0 Å². The minimum atomic E-state index is 0. The molecule has 0 bridgehead atoms. The molecule has 1 rings (SSSR count). The number of methoxy groups -OCH3 is 1. The van der Waals surface area contributed by atoms with Crippen molar-refractivity contribution in [1.29, 1.82) is 0 Å². The molecule has 17 heavy (non-hydrogen) atoms. The number of hydrogen-bond acceptors (Lipinski definition) is 2. The second-order valence-electron chi connectivity index (χ2n) is 3.89. The van der Waals surface area contributed by atoms with E-state index in [0.29, 0.717) is 19.1 Å². The van der Waals surface area contributed by atoms with Crippen LogP contribution in [0.3, 0.4) is 0 Å². The third-order valence-corrected chi connectivity index (χ3v) is 2.14. The Labute approximate surface area is 119 Å². The van der Waals surface area contributed by atoms with E-state index in [0.717, 1.165) is 5.56 Å². The van der Waals surface area contributed by atoms with Crippen LogP contribution in [0.15, 0.2) is 23.5 Å². The van der Waals surface area contributed by atoms with Gasteiger partial charge in [-0.25, -0.2) is 4.99 Å². The molecule has 1 aromatic heterocycles. The van der Waals surface area contributed by atoms with Crippen LogP contribution in [0.1, 0.15) is 12.5 Å². The predicted octanol–water partition coefficient (Wildman–Crippen LogP) is 1.08. The van der Waals surface area contributed by atoms with Crippen LogP contribution in [-0.2, 0) is 18.3 Å². The minimum Gasteiger partial charge on any atom is -0.383 e. The van der Waals surface area contributed by atoms with E-state index in [2.05, 4.69) is 10.3 Å². The summed E-state index contributed by atoms with van der Waals surface area (Å²) in [6.45, 7) is 3.20. The van der Waals surface area contributed by atoms with E-state index in [1.807, 2.05) is 37.0 Å². The van der Waals surface area contributed by atoms with Gasteiger partial charge in [0.25, 0.3) is 0 Å². The van der Waals surface area contributed by atoms with Crippen LogP contribution in [0.4, 0.5) is 0 Å². The van der Waals surface area contributed by atoms with Crippen LogP contribution in [0, 0.1) is 0 Å². The SMILES string of the molecule is COCC(C)NC(N)=NCc1ccn(C)c1.I. The summed E-state index contributed by atoms with van der Waals surface area (Å²) in [5, 5.41) is 3.05. The number of ether oxygens (including phenoxy) is 1. The van der Waals surface area contributed by atoms with Crippen molar-refractivity contribution in [2.75, 3.05) is 13.7 Å². The van der Waals surface area contributed by atoms with Gasteiger partial charge in [-0.1, -0.05) is 0 Å². The lowest BCUT2D eigenvalue weighted by molar-refractivity contribution is 0.179. The van der Waals surface area contributed by atoms with Crippen molar-refractivity contribution in [3.05, 3.63) is 24.0 Å². The predicted molar refractivity (Wildman–Crippen MR) is 80.6 cm³/mol. The molecule has 1 atom stereocenters. The summed E-state index contributed by atoms with van der Waals surface area (Å²) in [6.07, 6.45) is 4.01. The maximum atomic E-state index is 5.74. The summed E-state index contributed by atoms with van der Waals surface area (Å²) in [5.41, 5.74) is 6.88. The maximum Gasteiger partial charge on any atom is 0.189 e. The Bertz CT molecular complexity index is 351. The van der Waals surface area contributed by atoms with Crippen molar-refractivity contribution in [1.82, 2.24) is 9.88 Å². The van der Waals surface area contributed by atoms with Gasteiger partial charge in [0.15, 0.2) is 5.96 Å². The zero-order valence-corrected chi connectivity index (χ0v) is 12.8. The van der Waals surface area contributed by atoms with Crippen molar-refractivity contribution >= 4 is 29.9 Å². The zero-order chi connectivity index (χ0) is 12.0. The highest BCUT2D eigenvalue weighted by atomic mass is 127. The monoisotopic (exact) mass is 352 g/mol. The maximum absolute atomic E-state index is 5.74. The lowest BCUT2D eigenvalue weighted by Crippen LogP contribution is -2.40. The number of aliphatic imine (C=N–C) groups is 1. The molecule has 1 heterocycles. The summed E-state index contributed by atoms with van der Waals surface area (Å²) in [5.74, 6) is 0.452. The first-order valence-corrected chi connectivity index (χ1v) is 5.28. The van der Waals surface area contributed by atoms with Crippen LogP contribution in [-0.4, -0.2) is 30.3 Å². The van der Waals surface area contributed by atoms with Gasteiger partial charge in [-0.05, 0) is 18.6 Å². The smallest absolute Gasteiger partial charge is 0.189 e. The van der Waals surface area contributed by atoms with Crippen LogP contribution in [0.25, 0.3) is 0 Å². The molecular formula is C11H21IN4O. The molecule has 1 aromatic rings. The second kappa shape index (κ2) is 8.35. The highest BCUT2D eigenvalue weighted by Gasteiger charge is 2.01. The molecule has 0 aliphatic rings. The number of nitrogens with zero attached hydrogens (tertiary/aromatic N) is 2. The summed E-state index contributed by atoms with van der Waals surface area (Å²) in [4.78, 5) is 4.24. The molecule has 0 spiro atoms. The molecule has 0 radical (unpaired) electrons. The van der Waals surface area contributed by atoms with Crippen molar-refractivity contribution < 1.29 is 4.74 Å². The molecule has 0 aliphatic carbocycles. The number of nitrogens with one attached hydrogen (secondary N) is 1. The highest BCUT2D eigenvalue weighted by molar-refractivity contribution is 14.0. The first kappa shape index (κ1) is 16.2. The molecule has 6 heteroatoms. The molecule has 0 aliphatic heterocycles. The minimum absolute atomic E-state index is 0. The molecule has 0 aromatic carbocycles. The Morgan fingerprint density at radius 2 is 2.35 bits per heavy atom. The fourth-order valence-electron chi connectivity index (χ4n) is 1.42. The third kappa shape index (κ3) is 6.52. The number of rotatable bonds is 5. The van der Waals surface area contributed by atoms with Gasteiger partial charge in [0.1, 0.15) is 0 Å². The van der Waals surface area contributed by atoms with Crippen LogP contribution in [0.2, 0.25) is 0 Å². The Kier molecular flexibility index (Phi) is 7.98. The topological polar surface area (TPSA) is 64.6 Å². The number of aryl methyl sites for hydroxylation is 1. The largest absolute Gasteiger partial charge is 0.383 e. The van der Waals surface area contributed by atoms with E-state index in [9.17, 15) is 0 Å². The fraction of sp³-hybridized carbons (Fsp3) is 0.545. The summed E-state index contributed by atoms with van der Waals surface area (Å²) >= 11 is 0. The van der Waals surface area contributed by atoms with Crippen molar-refractivity contribution in [3.63, 3.8) is 0 Å². The molecule has 0 fully saturated rings. The summed E-state index contributed by atoms with van der Waals surface area (Å²) in [6, 6.07) is 2.19. The van der Waals surface area contributed by atoms with Gasteiger partial charge in [-0.3, -0.25) is 0 Å². The molecule has 5 nitrogen and oxygen atoms in total. The van der Waals surface area contributed by atoms with Gasteiger partial charge in [0.2, 0.25) is 0 Å². The van der Waals surface area contributed by atoms with Crippen LogP contribution in [0.5, 0.6) is 0 Å². The molecular weight excluding hydrogens is 331 g/mol. The average molecular weight is 352 g/mol. The van der Waals surface area contributed by atoms with Gasteiger partial charge in [0, 0.05) is 32.6 Å². The van der Waals surface area contributed by atoms with Crippen LogP contribution < -0.4 is 11.1 Å². The lowest BCUT2D eigenvalue weighted by atomic mass is 10.3. The van der Waals surface area contributed by atoms with Crippen molar-refractivity contribution in [3.8, 4) is 0 Å². The number of nitrogens with two attached hydrogens (primary N) is 1. The molecule has 1 unspecified atom stereocenters. The zero-order valence-electron chi connectivity index (χ0n) is 10.5. The molecule has 0 amide bonds. The number of halogens is 1. The lowest BCUT2D eigenvalue weighted by Gasteiger charge is -2.12. The van der Waals surface area contributed by atoms with E-state index in [1.165, 1.54) is 0 Å². The van der Waals surface area contributed by atoms with Crippen molar-refractivity contribution in [2.45, 2.75) is 19.5 Å². The standard InChI is InChI=1S/C11H20N4O.HI/c1-9(8-16-3)14-11(12)13-6-10-4-5-15(2)7-10;/h4-5,7,9H,6,8H2,1-3H3,(H3,12,13,14);1H. The Morgan fingerprint density at radius 3 is 2.88 bits per heavy atom. The second-order valence-corrected chi connectivity index (χ2v) is 3.89. The van der Waals surface area contributed by atoms with E-state index < -0.39 is 0 Å². The van der Waals surface area contributed by atoms with Crippen LogP contribution >= 0.6 is 24.0 Å². The summed E-state index contributed by atoms with van der Waals surface area (Å²) < 4.78 is 6.98. The van der Waals surface area contributed by atoms with E-state index in [-0.39, 0.29) is 30.0 Å². The van der Waals surface area contributed by atoms with Gasteiger partial charge in [-0.15, -0.1) is 24.0 Å². The summed E-state index contributed by atoms with van der Waals surface area (Å²) in [7, 11) is 3.64. The number of aromatic nitrogens is 1. The highest BCUT2D eigenvalue weighted by Crippen LogP contribution is 2.00. The third-order valence-electron chi connectivity index (χ3n) is 2.14. The molecule has 0 saturated carbocycles. The van der Waals surface area contributed by atoms with Gasteiger partial charge in [-0.2, -0.15) is 0 Å². The normalized spacial score (nSPS) is 13.0. The van der Waals surface area contributed by atoms with Gasteiger partial charge < -0.3 is 20.4 Å². The first-order chi connectivity index (χ1) is 7.61. The fourth-order valence-corrected chi connectivity index (χ4v) is 1.42. The molecule has 3 N–H and O–H groups in total. The quantitative estimate of drug-likeness (QED) is 0.474. The average Bonchev–Trinajstić information content (AvgIpc) is 2.61. The van der Waals surface area contributed by atoms with E-state index in [1.54, 1.807) is 7.11 Å². The van der Waals surface area contributed by atoms with Gasteiger partial charge in [0.05, 0.1) is 13.2 Å². The molecule has 98 valence electrons. The Morgan fingerprint density at radius 1 is 1.65 bits per heavy atom. The molecule has 0 saturated heterocycles. The Balaban J connectivity index is 0.00000256. The Hall–Kier alpha value is -0.760.